The average Bonchev–Trinajstić information content (AvgIpc) is 3.23. The van der Waals surface area contributed by atoms with Crippen LogP contribution in [0.4, 0.5) is 0 Å². The highest BCUT2D eigenvalue weighted by Gasteiger charge is 2.63. The lowest BCUT2D eigenvalue weighted by molar-refractivity contribution is 0.138. The number of likely N-dealkylation sites (N-methyl/N-ethyl adjacent to an activating group) is 1. The average molecular weight is 317 g/mol. The number of rotatable bonds is 7. The molecule has 1 aliphatic heterocycles. The first-order chi connectivity index (χ1) is 11.0. The smallest absolute Gasteiger partial charge is 0.0700 e. The highest BCUT2D eigenvalue weighted by atomic mass is 15.3. The van der Waals surface area contributed by atoms with Gasteiger partial charge in [-0.1, -0.05) is 13.5 Å². The molecule has 0 amide bonds. The molecule has 0 aromatic carbocycles. The normalized spacial score (nSPS) is 35.1. The fourth-order valence-corrected chi connectivity index (χ4v) is 4.45. The zero-order valence-electron chi connectivity index (χ0n) is 14.7. The monoisotopic (exact) mass is 317 g/mol. The molecular weight excluding hydrogens is 286 g/mol. The number of nitrogens with one attached hydrogen (secondary N) is 2. The number of hydrazone groups is 1. The molecule has 1 saturated heterocycles. The lowest BCUT2D eigenvalue weighted by Gasteiger charge is -2.41. The van der Waals surface area contributed by atoms with Crippen molar-refractivity contribution in [3.8, 4) is 0 Å². The molecular formula is C18H31N5. The van der Waals surface area contributed by atoms with E-state index < -0.39 is 0 Å². The Kier molecular flexibility index (Phi) is 4.41. The molecule has 3 rings (SSSR count). The van der Waals surface area contributed by atoms with Crippen LogP contribution in [0.2, 0.25) is 0 Å². The van der Waals surface area contributed by atoms with Gasteiger partial charge in [-0.05, 0) is 56.6 Å². The van der Waals surface area contributed by atoms with E-state index >= 15 is 0 Å². The second-order valence-corrected chi connectivity index (χ2v) is 7.68. The van der Waals surface area contributed by atoms with Crippen LogP contribution in [-0.4, -0.2) is 43.3 Å². The van der Waals surface area contributed by atoms with Gasteiger partial charge in [0, 0.05) is 30.9 Å². The van der Waals surface area contributed by atoms with E-state index in [4.69, 9.17) is 5.84 Å². The molecule has 0 aromatic heterocycles. The molecule has 2 saturated carbocycles. The fourth-order valence-electron chi connectivity index (χ4n) is 4.45. The maximum Gasteiger partial charge on any atom is 0.0700 e. The molecule has 0 aromatic rings. The molecule has 0 bridgehead atoms. The van der Waals surface area contributed by atoms with E-state index in [0.29, 0.717) is 17.5 Å². The summed E-state index contributed by atoms with van der Waals surface area (Å²) in [5.74, 6) is 7.07. The van der Waals surface area contributed by atoms with Crippen LogP contribution in [0.25, 0.3) is 0 Å². The molecule has 5 nitrogen and oxygen atoms in total. The number of nitrogens with zero attached hydrogens (tertiary/aromatic N) is 2. The van der Waals surface area contributed by atoms with Gasteiger partial charge in [-0.15, -0.1) is 0 Å². The van der Waals surface area contributed by atoms with E-state index in [-0.39, 0.29) is 0 Å². The molecule has 3 fully saturated rings. The van der Waals surface area contributed by atoms with Crippen LogP contribution >= 0.6 is 0 Å². The van der Waals surface area contributed by atoms with Gasteiger partial charge in [0.2, 0.25) is 0 Å². The quantitative estimate of drug-likeness (QED) is 0.289. The van der Waals surface area contributed by atoms with Crippen molar-refractivity contribution in [2.45, 2.75) is 45.2 Å². The molecule has 4 N–H and O–H groups in total. The van der Waals surface area contributed by atoms with Crippen molar-refractivity contribution in [1.29, 1.82) is 0 Å². The molecule has 23 heavy (non-hydrogen) atoms. The topological polar surface area (TPSA) is 65.7 Å². The standard InChI is InChI=1S/C18H31N5/c1-12-5-6-18(12)8-17(18)14(3)22-13(2)7-16(9-21-19)23-10-15(11-23)20-4/h7,9,12,14-15,17,20,22H,2,5-6,8,10-11,19H2,1,3-4H3/b16-7+,21-9-. The predicted molar refractivity (Wildman–Crippen MR) is 95.9 cm³/mol. The first-order valence-corrected chi connectivity index (χ1v) is 8.82. The summed E-state index contributed by atoms with van der Waals surface area (Å²) in [5, 5.41) is 10.6. The Hall–Kier alpha value is -1.49. The van der Waals surface area contributed by atoms with Crippen molar-refractivity contribution in [3.63, 3.8) is 0 Å². The first-order valence-electron chi connectivity index (χ1n) is 8.82. The highest BCUT2D eigenvalue weighted by molar-refractivity contribution is 5.78. The van der Waals surface area contributed by atoms with Crippen LogP contribution in [0, 0.1) is 17.3 Å². The number of likely N-dealkylation sites (tertiary alicyclic amines) is 1. The van der Waals surface area contributed by atoms with Gasteiger partial charge < -0.3 is 21.4 Å². The zero-order valence-corrected chi connectivity index (χ0v) is 14.7. The van der Waals surface area contributed by atoms with Crippen molar-refractivity contribution >= 4 is 6.21 Å². The molecule has 1 heterocycles. The Morgan fingerprint density at radius 3 is 2.70 bits per heavy atom. The number of allylic oxidation sites excluding steroid dienone is 2. The summed E-state index contributed by atoms with van der Waals surface area (Å²) in [6.07, 6.45) is 7.99. The summed E-state index contributed by atoms with van der Waals surface area (Å²) in [6.45, 7) is 10.9. The van der Waals surface area contributed by atoms with Gasteiger partial charge in [0.15, 0.2) is 0 Å². The molecule has 4 unspecified atom stereocenters. The predicted octanol–water partition coefficient (Wildman–Crippen LogP) is 1.65. The fraction of sp³-hybridized carbons (Fsp3) is 0.722. The van der Waals surface area contributed by atoms with Gasteiger partial charge in [0.05, 0.1) is 11.9 Å². The van der Waals surface area contributed by atoms with Crippen LogP contribution in [0.5, 0.6) is 0 Å². The van der Waals surface area contributed by atoms with E-state index in [1.54, 1.807) is 6.21 Å². The third-order valence-corrected chi connectivity index (χ3v) is 6.40. The van der Waals surface area contributed by atoms with Crippen LogP contribution in [-0.2, 0) is 0 Å². The molecule has 5 heteroatoms. The Labute approximate surface area is 140 Å². The lowest BCUT2D eigenvalue weighted by Crippen LogP contribution is -2.56. The van der Waals surface area contributed by atoms with Crippen molar-refractivity contribution in [2.75, 3.05) is 20.1 Å². The highest BCUT2D eigenvalue weighted by Crippen LogP contribution is 2.69. The minimum atomic E-state index is 0.485. The van der Waals surface area contributed by atoms with Crippen LogP contribution in [0.1, 0.15) is 33.1 Å². The number of hydrogen-bond acceptors (Lipinski definition) is 5. The van der Waals surface area contributed by atoms with Crippen LogP contribution < -0.4 is 16.5 Å². The van der Waals surface area contributed by atoms with Gasteiger partial charge in [-0.25, -0.2) is 0 Å². The summed E-state index contributed by atoms with van der Waals surface area (Å²) in [4.78, 5) is 2.27. The molecule has 0 radical (unpaired) electrons. The second kappa shape index (κ2) is 6.19. The summed E-state index contributed by atoms with van der Waals surface area (Å²) < 4.78 is 0. The van der Waals surface area contributed by atoms with Gasteiger partial charge in [-0.2, -0.15) is 5.10 Å². The van der Waals surface area contributed by atoms with E-state index in [1.165, 1.54) is 19.3 Å². The van der Waals surface area contributed by atoms with Crippen molar-refractivity contribution < 1.29 is 0 Å². The largest absolute Gasteiger partial charge is 0.383 e. The lowest BCUT2D eigenvalue weighted by atomic mass is 9.69. The molecule has 1 spiro atoms. The van der Waals surface area contributed by atoms with E-state index in [2.05, 4.69) is 47.1 Å². The van der Waals surface area contributed by atoms with Crippen molar-refractivity contribution in [3.05, 3.63) is 24.0 Å². The van der Waals surface area contributed by atoms with Gasteiger partial charge in [-0.3, -0.25) is 0 Å². The van der Waals surface area contributed by atoms with Crippen LogP contribution in [0.3, 0.4) is 0 Å². The SMILES string of the molecule is C=C(/C=C(\C=N/N)N1CC(NC)C1)NC(C)C1CC12CCC2C. The second-order valence-electron chi connectivity index (χ2n) is 7.68. The molecule has 3 aliphatic rings. The molecule has 128 valence electrons. The maximum atomic E-state index is 5.36. The summed E-state index contributed by atoms with van der Waals surface area (Å²) in [5.41, 5.74) is 2.63. The van der Waals surface area contributed by atoms with Crippen molar-refractivity contribution in [2.24, 2.45) is 28.2 Å². The zero-order chi connectivity index (χ0) is 16.6. The number of hydrogen-bond donors (Lipinski definition) is 3. The Morgan fingerprint density at radius 2 is 2.22 bits per heavy atom. The Morgan fingerprint density at radius 1 is 1.48 bits per heavy atom. The Bertz CT molecular complexity index is 520. The third kappa shape index (κ3) is 2.99. The van der Waals surface area contributed by atoms with Gasteiger partial charge >= 0.3 is 0 Å². The number of nitrogens with two attached hydrogens (primary N) is 1. The first kappa shape index (κ1) is 16.4. The summed E-state index contributed by atoms with van der Waals surface area (Å²) in [7, 11) is 2.00. The summed E-state index contributed by atoms with van der Waals surface area (Å²) >= 11 is 0. The van der Waals surface area contributed by atoms with Crippen molar-refractivity contribution in [1.82, 2.24) is 15.5 Å². The molecule has 2 aliphatic carbocycles. The Balaban J connectivity index is 1.54. The molecule has 4 atom stereocenters. The van der Waals surface area contributed by atoms with Gasteiger partial charge in [0.1, 0.15) is 0 Å². The third-order valence-electron chi connectivity index (χ3n) is 6.40. The van der Waals surface area contributed by atoms with E-state index in [0.717, 1.165) is 36.3 Å². The minimum Gasteiger partial charge on any atom is -0.383 e. The minimum absolute atomic E-state index is 0.485. The van der Waals surface area contributed by atoms with E-state index in [9.17, 15) is 0 Å². The van der Waals surface area contributed by atoms with E-state index in [1.807, 2.05) is 7.05 Å². The maximum absolute atomic E-state index is 5.36. The summed E-state index contributed by atoms with van der Waals surface area (Å²) in [6, 6.07) is 1.04. The van der Waals surface area contributed by atoms with Crippen LogP contribution in [0.15, 0.2) is 29.2 Å². The van der Waals surface area contributed by atoms with Gasteiger partial charge in [0.25, 0.3) is 0 Å².